The van der Waals surface area contributed by atoms with Gasteiger partial charge in [-0.25, -0.2) is 9.98 Å². The Labute approximate surface area is 177 Å². The van der Waals surface area contributed by atoms with Crippen LogP contribution in [0.2, 0.25) is 0 Å². The lowest BCUT2D eigenvalue weighted by Crippen LogP contribution is -2.40. The van der Waals surface area contributed by atoms with Crippen LogP contribution in [-0.2, 0) is 6.54 Å². The van der Waals surface area contributed by atoms with E-state index in [2.05, 4.69) is 14.9 Å². The highest BCUT2D eigenvalue weighted by atomic mass is 127. The molecule has 2 aromatic rings. The van der Waals surface area contributed by atoms with E-state index in [0.717, 1.165) is 18.7 Å². The van der Waals surface area contributed by atoms with Crippen molar-refractivity contribution in [1.82, 2.24) is 9.88 Å². The van der Waals surface area contributed by atoms with Crippen molar-refractivity contribution >= 4 is 29.9 Å². The fourth-order valence-corrected chi connectivity index (χ4v) is 2.88. The van der Waals surface area contributed by atoms with Crippen molar-refractivity contribution < 1.29 is 9.47 Å². The van der Waals surface area contributed by atoms with E-state index in [-0.39, 0.29) is 24.0 Å². The molecule has 1 aromatic carbocycles. The molecule has 2 heterocycles. The predicted octanol–water partition coefficient (Wildman–Crippen LogP) is 4.19. The van der Waals surface area contributed by atoms with E-state index >= 15 is 0 Å². The second kappa shape index (κ2) is 11.0. The maximum absolute atomic E-state index is 6.09. The van der Waals surface area contributed by atoms with E-state index in [9.17, 15) is 0 Å². The Balaban J connectivity index is 0.00000261. The Morgan fingerprint density at radius 3 is 2.52 bits per heavy atom. The Bertz CT molecular complexity index is 731. The van der Waals surface area contributed by atoms with Crippen LogP contribution in [0.1, 0.15) is 31.7 Å². The molecule has 1 fully saturated rings. The lowest BCUT2D eigenvalue weighted by atomic mass is 10.1. The zero-order valence-electron chi connectivity index (χ0n) is 15.6. The number of rotatable bonds is 6. The molecule has 6 nitrogen and oxygen atoms in total. The van der Waals surface area contributed by atoms with Crippen molar-refractivity contribution in [3.05, 3.63) is 48.2 Å². The molecule has 1 aromatic heterocycles. The van der Waals surface area contributed by atoms with Crippen LogP contribution in [0, 0.1) is 0 Å². The van der Waals surface area contributed by atoms with Crippen LogP contribution >= 0.6 is 24.0 Å². The Morgan fingerprint density at radius 1 is 1.11 bits per heavy atom. The van der Waals surface area contributed by atoms with Gasteiger partial charge in [-0.3, -0.25) is 0 Å². The van der Waals surface area contributed by atoms with Crippen molar-refractivity contribution in [3.8, 4) is 17.4 Å². The van der Waals surface area contributed by atoms with Crippen molar-refractivity contribution in [2.45, 2.75) is 32.7 Å². The van der Waals surface area contributed by atoms with Gasteiger partial charge in [0, 0.05) is 25.4 Å². The number of aliphatic imine (C=N–C) groups is 1. The van der Waals surface area contributed by atoms with Crippen LogP contribution in [0.15, 0.2) is 47.6 Å². The third-order valence-corrected chi connectivity index (χ3v) is 4.26. The highest BCUT2D eigenvalue weighted by Crippen LogP contribution is 2.30. The molecule has 0 amide bonds. The van der Waals surface area contributed by atoms with Crippen molar-refractivity contribution in [3.63, 3.8) is 0 Å². The zero-order chi connectivity index (χ0) is 18.2. The number of ether oxygens (including phenoxy) is 2. The van der Waals surface area contributed by atoms with E-state index in [1.165, 1.54) is 19.3 Å². The molecular weight excluding hydrogens is 455 g/mol. The zero-order valence-corrected chi connectivity index (χ0v) is 18.0. The summed E-state index contributed by atoms with van der Waals surface area (Å²) in [6.45, 7) is 5.05. The average molecular weight is 482 g/mol. The van der Waals surface area contributed by atoms with Gasteiger partial charge >= 0.3 is 0 Å². The number of piperidine rings is 1. The van der Waals surface area contributed by atoms with Crippen LogP contribution < -0.4 is 15.2 Å². The molecule has 1 aliphatic rings. The minimum atomic E-state index is 0. The third-order valence-electron chi connectivity index (χ3n) is 4.26. The highest BCUT2D eigenvalue weighted by Gasteiger charge is 2.11. The van der Waals surface area contributed by atoms with E-state index in [1.807, 2.05) is 43.3 Å². The molecule has 1 aliphatic heterocycles. The number of para-hydroxylation sites is 2. The molecule has 146 valence electrons. The number of guanidine groups is 1. The van der Waals surface area contributed by atoms with Gasteiger partial charge in [-0.2, -0.15) is 0 Å². The number of hydrogen-bond donors (Lipinski definition) is 1. The first-order chi connectivity index (χ1) is 12.8. The quantitative estimate of drug-likeness (QED) is 0.380. The molecule has 0 spiro atoms. The number of pyridine rings is 1. The Kier molecular flexibility index (Phi) is 8.63. The molecule has 0 aliphatic carbocycles. The molecule has 0 unspecified atom stereocenters. The molecule has 27 heavy (non-hydrogen) atoms. The van der Waals surface area contributed by atoms with Gasteiger partial charge in [-0.1, -0.05) is 18.2 Å². The number of nitrogens with two attached hydrogens (primary N) is 1. The van der Waals surface area contributed by atoms with E-state index in [0.29, 0.717) is 36.5 Å². The van der Waals surface area contributed by atoms with Crippen LogP contribution in [-0.4, -0.2) is 35.5 Å². The fourth-order valence-electron chi connectivity index (χ4n) is 2.88. The summed E-state index contributed by atoms with van der Waals surface area (Å²) >= 11 is 0. The van der Waals surface area contributed by atoms with Crippen LogP contribution in [0.5, 0.6) is 17.4 Å². The topological polar surface area (TPSA) is 73.0 Å². The number of likely N-dealkylation sites (tertiary alicyclic amines) is 1. The van der Waals surface area contributed by atoms with Gasteiger partial charge in [0.2, 0.25) is 5.88 Å². The second-order valence-electron chi connectivity index (χ2n) is 6.21. The Morgan fingerprint density at radius 2 is 1.85 bits per heavy atom. The SMILES string of the molecule is CCOc1ccccc1Oc1ccc(CN=C(N)N2CCCCC2)cn1.I. The molecular formula is C20H27IN4O2. The first-order valence-electron chi connectivity index (χ1n) is 9.15. The summed E-state index contributed by atoms with van der Waals surface area (Å²) in [5, 5.41) is 0. The summed E-state index contributed by atoms with van der Waals surface area (Å²) < 4.78 is 11.4. The third kappa shape index (κ3) is 6.27. The second-order valence-corrected chi connectivity index (χ2v) is 6.21. The molecule has 0 bridgehead atoms. The van der Waals surface area contributed by atoms with Gasteiger partial charge in [-0.05, 0) is 43.9 Å². The van der Waals surface area contributed by atoms with Gasteiger partial charge in [0.1, 0.15) is 0 Å². The fraction of sp³-hybridized carbons (Fsp3) is 0.400. The van der Waals surface area contributed by atoms with Gasteiger partial charge in [-0.15, -0.1) is 24.0 Å². The van der Waals surface area contributed by atoms with Crippen molar-refractivity contribution in [2.24, 2.45) is 10.7 Å². The van der Waals surface area contributed by atoms with Crippen LogP contribution in [0.3, 0.4) is 0 Å². The minimum Gasteiger partial charge on any atom is -0.490 e. The lowest BCUT2D eigenvalue weighted by molar-refractivity contribution is 0.319. The highest BCUT2D eigenvalue weighted by molar-refractivity contribution is 14.0. The standard InChI is InChI=1S/C20H26N4O2.HI/c1-2-25-17-8-4-5-9-18(17)26-19-11-10-16(14-22-19)15-23-20(21)24-12-6-3-7-13-24;/h4-5,8-11,14H,2-3,6-7,12-13,15H2,1H3,(H2,21,23);1H. The predicted molar refractivity (Wildman–Crippen MR) is 118 cm³/mol. The summed E-state index contributed by atoms with van der Waals surface area (Å²) in [5.74, 6) is 2.51. The van der Waals surface area contributed by atoms with Gasteiger partial charge in [0.05, 0.1) is 13.2 Å². The first kappa shape index (κ1) is 21.3. The number of hydrogen-bond acceptors (Lipinski definition) is 4. The van der Waals surface area contributed by atoms with E-state index in [4.69, 9.17) is 15.2 Å². The van der Waals surface area contributed by atoms with Crippen LogP contribution in [0.4, 0.5) is 0 Å². The molecule has 0 saturated carbocycles. The van der Waals surface area contributed by atoms with Crippen molar-refractivity contribution in [2.75, 3.05) is 19.7 Å². The molecule has 7 heteroatoms. The largest absolute Gasteiger partial charge is 0.490 e. The summed E-state index contributed by atoms with van der Waals surface area (Å²) in [4.78, 5) is 11.0. The summed E-state index contributed by atoms with van der Waals surface area (Å²) in [7, 11) is 0. The van der Waals surface area contributed by atoms with Gasteiger partial charge in [0.25, 0.3) is 0 Å². The smallest absolute Gasteiger partial charge is 0.219 e. The normalized spacial score (nSPS) is 14.4. The summed E-state index contributed by atoms with van der Waals surface area (Å²) in [6.07, 6.45) is 5.42. The Hall–Kier alpha value is -2.03. The number of nitrogens with zero attached hydrogens (tertiary/aromatic N) is 3. The van der Waals surface area contributed by atoms with Crippen molar-refractivity contribution in [1.29, 1.82) is 0 Å². The lowest BCUT2D eigenvalue weighted by Gasteiger charge is -2.27. The van der Waals surface area contributed by atoms with Gasteiger partial charge in [0.15, 0.2) is 17.5 Å². The van der Waals surface area contributed by atoms with E-state index in [1.54, 1.807) is 6.20 Å². The molecule has 0 radical (unpaired) electrons. The summed E-state index contributed by atoms with van der Waals surface area (Å²) in [5.41, 5.74) is 7.09. The number of benzene rings is 1. The van der Waals surface area contributed by atoms with E-state index < -0.39 is 0 Å². The maximum atomic E-state index is 6.09. The maximum Gasteiger partial charge on any atom is 0.219 e. The number of aromatic nitrogens is 1. The van der Waals surface area contributed by atoms with Crippen LogP contribution in [0.25, 0.3) is 0 Å². The first-order valence-corrected chi connectivity index (χ1v) is 9.15. The number of halogens is 1. The molecule has 2 N–H and O–H groups in total. The molecule has 3 rings (SSSR count). The minimum absolute atomic E-state index is 0. The molecule has 1 saturated heterocycles. The van der Waals surface area contributed by atoms with Gasteiger partial charge < -0.3 is 20.1 Å². The summed E-state index contributed by atoms with van der Waals surface area (Å²) in [6, 6.07) is 11.4. The average Bonchev–Trinajstić information content (AvgIpc) is 2.69. The monoisotopic (exact) mass is 482 g/mol. The molecule has 0 atom stereocenters.